The molecule has 0 fully saturated rings. The van der Waals surface area contributed by atoms with Crippen LogP contribution >= 0.6 is 0 Å². The van der Waals surface area contributed by atoms with E-state index < -0.39 is 0 Å². The molecular weight excluding hydrogens is 248 g/mol. The molecule has 0 aromatic heterocycles. The highest BCUT2D eigenvalue weighted by molar-refractivity contribution is 5.72. The van der Waals surface area contributed by atoms with Crippen LogP contribution in [0.2, 0.25) is 0 Å². The summed E-state index contributed by atoms with van der Waals surface area (Å²) in [6.45, 7) is 8.45. The van der Waals surface area contributed by atoms with Crippen molar-refractivity contribution in [2.45, 2.75) is 33.1 Å². The number of allylic oxidation sites excluding steroid dienone is 3. The molecule has 1 aromatic carbocycles. The molecule has 0 bridgehead atoms. The van der Waals surface area contributed by atoms with Crippen LogP contribution in [0, 0.1) is 5.92 Å². The largest absolute Gasteiger partial charge is 0.465 e. The SMILES string of the molecule is C=CC/C=C(\C)C(C)CCOC(=O)Cc1ccccc1. The fourth-order valence-electron chi connectivity index (χ4n) is 1.86. The second-order valence-electron chi connectivity index (χ2n) is 5.05. The first-order chi connectivity index (χ1) is 9.63. The number of hydrogen-bond acceptors (Lipinski definition) is 2. The highest BCUT2D eigenvalue weighted by atomic mass is 16.5. The van der Waals surface area contributed by atoms with E-state index in [1.807, 2.05) is 36.4 Å². The summed E-state index contributed by atoms with van der Waals surface area (Å²) in [5, 5.41) is 0. The normalized spacial score (nSPS) is 12.8. The third-order valence-corrected chi connectivity index (χ3v) is 3.39. The summed E-state index contributed by atoms with van der Waals surface area (Å²) in [5.74, 6) is 0.274. The van der Waals surface area contributed by atoms with Crippen molar-refractivity contribution in [3.05, 3.63) is 60.2 Å². The quantitative estimate of drug-likeness (QED) is 0.520. The van der Waals surface area contributed by atoms with Gasteiger partial charge in [-0.05, 0) is 31.2 Å². The maximum absolute atomic E-state index is 11.7. The molecule has 1 rings (SSSR count). The molecule has 0 aliphatic heterocycles. The van der Waals surface area contributed by atoms with Gasteiger partial charge in [0.25, 0.3) is 0 Å². The second kappa shape index (κ2) is 9.13. The molecule has 0 spiro atoms. The Labute approximate surface area is 122 Å². The number of carbonyl (C=O) groups excluding carboxylic acids is 1. The van der Waals surface area contributed by atoms with Crippen molar-refractivity contribution in [2.75, 3.05) is 6.61 Å². The maximum Gasteiger partial charge on any atom is 0.310 e. The number of benzene rings is 1. The lowest BCUT2D eigenvalue weighted by atomic mass is 9.98. The van der Waals surface area contributed by atoms with Crippen LogP contribution in [0.3, 0.4) is 0 Å². The van der Waals surface area contributed by atoms with Crippen molar-refractivity contribution in [3.8, 4) is 0 Å². The summed E-state index contributed by atoms with van der Waals surface area (Å²) in [6.07, 6.45) is 6.16. The molecule has 20 heavy (non-hydrogen) atoms. The van der Waals surface area contributed by atoms with Crippen molar-refractivity contribution in [2.24, 2.45) is 5.92 Å². The van der Waals surface area contributed by atoms with Crippen LogP contribution in [-0.4, -0.2) is 12.6 Å². The topological polar surface area (TPSA) is 26.3 Å². The Kier molecular flexibility index (Phi) is 7.41. The van der Waals surface area contributed by atoms with Gasteiger partial charge in [-0.2, -0.15) is 0 Å². The number of rotatable bonds is 8. The monoisotopic (exact) mass is 272 g/mol. The first-order valence-electron chi connectivity index (χ1n) is 7.10. The number of hydrogen-bond donors (Lipinski definition) is 0. The zero-order valence-corrected chi connectivity index (χ0v) is 12.5. The Morgan fingerprint density at radius 3 is 2.70 bits per heavy atom. The summed E-state index contributed by atoms with van der Waals surface area (Å²) < 4.78 is 5.28. The van der Waals surface area contributed by atoms with E-state index in [0.29, 0.717) is 18.9 Å². The van der Waals surface area contributed by atoms with Crippen LogP contribution < -0.4 is 0 Å². The van der Waals surface area contributed by atoms with Gasteiger partial charge in [-0.25, -0.2) is 0 Å². The highest BCUT2D eigenvalue weighted by Gasteiger charge is 2.07. The highest BCUT2D eigenvalue weighted by Crippen LogP contribution is 2.15. The smallest absolute Gasteiger partial charge is 0.310 e. The minimum atomic E-state index is -0.156. The Balaban J connectivity index is 2.26. The lowest BCUT2D eigenvalue weighted by Gasteiger charge is -2.12. The van der Waals surface area contributed by atoms with E-state index in [-0.39, 0.29) is 5.97 Å². The van der Waals surface area contributed by atoms with Crippen LogP contribution in [0.5, 0.6) is 0 Å². The van der Waals surface area contributed by atoms with Gasteiger partial charge in [0, 0.05) is 0 Å². The molecular formula is C18H24O2. The summed E-state index contributed by atoms with van der Waals surface area (Å²) >= 11 is 0. The van der Waals surface area contributed by atoms with Gasteiger partial charge in [-0.1, -0.05) is 55.0 Å². The van der Waals surface area contributed by atoms with Gasteiger partial charge < -0.3 is 4.74 Å². The second-order valence-corrected chi connectivity index (χ2v) is 5.05. The first kappa shape index (κ1) is 16.2. The van der Waals surface area contributed by atoms with Gasteiger partial charge in [-0.3, -0.25) is 4.79 Å². The van der Waals surface area contributed by atoms with Gasteiger partial charge in [-0.15, -0.1) is 6.58 Å². The predicted molar refractivity (Wildman–Crippen MR) is 83.5 cm³/mol. The number of carbonyl (C=O) groups is 1. The Morgan fingerprint density at radius 1 is 1.35 bits per heavy atom. The fraction of sp³-hybridized carbons (Fsp3) is 0.389. The van der Waals surface area contributed by atoms with Crippen molar-refractivity contribution in [1.29, 1.82) is 0 Å². The molecule has 0 N–H and O–H groups in total. The van der Waals surface area contributed by atoms with Gasteiger partial charge in [0.1, 0.15) is 0 Å². The first-order valence-corrected chi connectivity index (χ1v) is 7.10. The predicted octanol–water partition coefficient (Wildman–Crippen LogP) is 4.32. The maximum atomic E-state index is 11.7. The molecule has 1 aromatic rings. The van der Waals surface area contributed by atoms with Crippen molar-refractivity contribution in [1.82, 2.24) is 0 Å². The molecule has 108 valence electrons. The van der Waals surface area contributed by atoms with E-state index in [9.17, 15) is 4.79 Å². The molecule has 0 amide bonds. The molecule has 0 saturated heterocycles. The molecule has 1 unspecified atom stereocenters. The number of ether oxygens (including phenoxy) is 1. The summed E-state index contributed by atoms with van der Waals surface area (Å²) in [7, 11) is 0. The minimum Gasteiger partial charge on any atom is -0.465 e. The van der Waals surface area contributed by atoms with Gasteiger partial charge in [0.15, 0.2) is 0 Å². The molecule has 0 heterocycles. The van der Waals surface area contributed by atoms with Crippen molar-refractivity contribution < 1.29 is 9.53 Å². The lowest BCUT2D eigenvalue weighted by Crippen LogP contribution is -2.11. The molecule has 1 atom stereocenters. The van der Waals surface area contributed by atoms with E-state index in [2.05, 4.69) is 26.5 Å². The molecule has 0 radical (unpaired) electrons. The van der Waals surface area contributed by atoms with E-state index in [0.717, 1.165) is 18.4 Å². The standard InChI is InChI=1S/C18H24O2/c1-4-5-9-15(2)16(3)12-13-20-18(19)14-17-10-7-6-8-11-17/h4,6-11,16H,1,5,12-14H2,2-3H3/b15-9+. The Bertz CT molecular complexity index is 446. The third kappa shape index (κ3) is 6.37. The molecule has 0 aliphatic carbocycles. The lowest BCUT2D eigenvalue weighted by molar-refractivity contribution is -0.143. The van der Waals surface area contributed by atoms with Crippen LogP contribution in [0.1, 0.15) is 32.3 Å². The van der Waals surface area contributed by atoms with Crippen LogP contribution in [0.25, 0.3) is 0 Å². The minimum absolute atomic E-state index is 0.156. The fourth-order valence-corrected chi connectivity index (χ4v) is 1.86. The van der Waals surface area contributed by atoms with Crippen LogP contribution in [0.15, 0.2) is 54.6 Å². The molecule has 2 heteroatoms. The van der Waals surface area contributed by atoms with Crippen molar-refractivity contribution >= 4 is 5.97 Å². The number of esters is 1. The summed E-state index contributed by atoms with van der Waals surface area (Å²) in [4.78, 5) is 11.7. The average molecular weight is 272 g/mol. The average Bonchev–Trinajstić information content (AvgIpc) is 2.45. The molecule has 0 saturated carbocycles. The summed E-state index contributed by atoms with van der Waals surface area (Å²) in [5.41, 5.74) is 2.32. The third-order valence-electron chi connectivity index (χ3n) is 3.39. The Morgan fingerprint density at radius 2 is 2.05 bits per heavy atom. The molecule has 2 nitrogen and oxygen atoms in total. The molecule has 0 aliphatic rings. The van der Waals surface area contributed by atoms with Crippen LogP contribution in [-0.2, 0) is 16.0 Å². The van der Waals surface area contributed by atoms with Crippen molar-refractivity contribution in [3.63, 3.8) is 0 Å². The zero-order chi connectivity index (χ0) is 14.8. The van der Waals surface area contributed by atoms with Gasteiger partial charge in [0.2, 0.25) is 0 Å². The van der Waals surface area contributed by atoms with Crippen LogP contribution in [0.4, 0.5) is 0 Å². The van der Waals surface area contributed by atoms with Gasteiger partial charge >= 0.3 is 5.97 Å². The van der Waals surface area contributed by atoms with Gasteiger partial charge in [0.05, 0.1) is 13.0 Å². The van der Waals surface area contributed by atoms with E-state index in [1.165, 1.54) is 5.57 Å². The van der Waals surface area contributed by atoms with E-state index in [1.54, 1.807) is 0 Å². The summed E-state index contributed by atoms with van der Waals surface area (Å²) in [6, 6.07) is 9.67. The van der Waals surface area contributed by atoms with E-state index in [4.69, 9.17) is 4.74 Å². The Hall–Kier alpha value is -1.83. The van der Waals surface area contributed by atoms with E-state index >= 15 is 0 Å². The zero-order valence-electron chi connectivity index (χ0n) is 12.5.